The number of hydrogen-bond acceptors (Lipinski definition) is 2. The Kier molecular flexibility index (Phi) is 1.68. The SMILES string of the molecule is CC(C)(C(=N)N)n1cccn1. The number of hydrogen-bond donors (Lipinski definition) is 2. The van der Waals surface area contributed by atoms with E-state index in [1.165, 1.54) is 0 Å². The number of aromatic nitrogens is 2. The van der Waals surface area contributed by atoms with Gasteiger partial charge >= 0.3 is 0 Å². The molecule has 4 nitrogen and oxygen atoms in total. The lowest BCUT2D eigenvalue weighted by Gasteiger charge is -2.23. The number of nitrogens with two attached hydrogens (primary N) is 1. The lowest BCUT2D eigenvalue weighted by molar-refractivity contribution is 0.433. The Bertz CT molecular complexity index is 247. The maximum Gasteiger partial charge on any atom is 0.119 e. The van der Waals surface area contributed by atoms with Crippen LogP contribution in [0, 0.1) is 5.41 Å². The summed E-state index contributed by atoms with van der Waals surface area (Å²) in [6.07, 6.45) is 3.46. The fourth-order valence-corrected chi connectivity index (χ4v) is 0.723. The van der Waals surface area contributed by atoms with E-state index in [-0.39, 0.29) is 5.84 Å². The van der Waals surface area contributed by atoms with Crippen LogP contribution in [0.15, 0.2) is 18.5 Å². The lowest BCUT2D eigenvalue weighted by atomic mass is 10.1. The van der Waals surface area contributed by atoms with E-state index < -0.39 is 5.54 Å². The molecule has 1 rings (SSSR count). The summed E-state index contributed by atoms with van der Waals surface area (Å²) in [7, 11) is 0. The molecule has 1 aromatic heterocycles. The van der Waals surface area contributed by atoms with Crippen LogP contribution < -0.4 is 5.73 Å². The molecule has 0 atom stereocenters. The van der Waals surface area contributed by atoms with E-state index in [2.05, 4.69) is 5.10 Å². The topological polar surface area (TPSA) is 67.7 Å². The van der Waals surface area contributed by atoms with Crippen molar-refractivity contribution in [3.8, 4) is 0 Å². The van der Waals surface area contributed by atoms with Crippen molar-refractivity contribution in [3.05, 3.63) is 18.5 Å². The second-order valence-corrected chi connectivity index (χ2v) is 2.92. The Labute approximate surface area is 65.5 Å². The highest BCUT2D eigenvalue weighted by Crippen LogP contribution is 2.11. The molecule has 0 aliphatic carbocycles. The molecule has 1 heterocycles. The molecule has 0 spiro atoms. The minimum absolute atomic E-state index is 0.112. The molecule has 4 heteroatoms. The third-order valence-electron chi connectivity index (χ3n) is 1.74. The van der Waals surface area contributed by atoms with Gasteiger partial charge in [0.2, 0.25) is 0 Å². The van der Waals surface area contributed by atoms with Crippen molar-refractivity contribution in [1.82, 2.24) is 9.78 Å². The van der Waals surface area contributed by atoms with Gasteiger partial charge in [-0.15, -0.1) is 0 Å². The molecule has 0 aliphatic heterocycles. The van der Waals surface area contributed by atoms with Gasteiger partial charge in [0.05, 0.1) is 0 Å². The molecule has 0 fully saturated rings. The van der Waals surface area contributed by atoms with E-state index in [4.69, 9.17) is 11.1 Å². The van der Waals surface area contributed by atoms with Crippen LogP contribution in [0.3, 0.4) is 0 Å². The molecule has 0 bridgehead atoms. The highest BCUT2D eigenvalue weighted by Gasteiger charge is 2.23. The molecule has 0 saturated carbocycles. The second-order valence-electron chi connectivity index (χ2n) is 2.92. The van der Waals surface area contributed by atoms with Crippen LogP contribution in [-0.2, 0) is 5.54 Å². The van der Waals surface area contributed by atoms with Gasteiger partial charge in [-0.1, -0.05) is 0 Å². The van der Waals surface area contributed by atoms with Gasteiger partial charge < -0.3 is 5.73 Å². The molecule has 11 heavy (non-hydrogen) atoms. The maximum absolute atomic E-state index is 7.29. The molecule has 0 unspecified atom stereocenters. The maximum atomic E-state index is 7.29. The van der Waals surface area contributed by atoms with Gasteiger partial charge in [-0.3, -0.25) is 10.1 Å². The van der Waals surface area contributed by atoms with Crippen LogP contribution in [-0.4, -0.2) is 15.6 Å². The van der Waals surface area contributed by atoms with Gasteiger partial charge in [-0.25, -0.2) is 0 Å². The Balaban J connectivity index is 3.00. The van der Waals surface area contributed by atoms with Crippen molar-refractivity contribution >= 4 is 5.84 Å². The van der Waals surface area contributed by atoms with Crippen molar-refractivity contribution < 1.29 is 0 Å². The van der Waals surface area contributed by atoms with Crippen molar-refractivity contribution in [3.63, 3.8) is 0 Å². The van der Waals surface area contributed by atoms with Gasteiger partial charge in [0.15, 0.2) is 0 Å². The number of rotatable bonds is 2. The van der Waals surface area contributed by atoms with Gasteiger partial charge in [-0.05, 0) is 19.9 Å². The summed E-state index contributed by atoms with van der Waals surface area (Å²) < 4.78 is 1.66. The quantitative estimate of drug-likeness (QED) is 0.480. The predicted octanol–water partition coefficient (Wildman–Crippen LogP) is 0.554. The smallest absolute Gasteiger partial charge is 0.119 e. The molecule has 0 saturated heterocycles. The molecule has 1 aromatic rings. The highest BCUT2D eigenvalue weighted by atomic mass is 15.3. The monoisotopic (exact) mass is 152 g/mol. The van der Waals surface area contributed by atoms with E-state index in [1.807, 2.05) is 19.9 Å². The van der Waals surface area contributed by atoms with E-state index in [9.17, 15) is 0 Å². The zero-order valence-electron chi connectivity index (χ0n) is 6.70. The van der Waals surface area contributed by atoms with Crippen molar-refractivity contribution in [2.75, 3.05) is 0 Å². The zero-order chi connectivity index (χ0) is 8.48. The lowest BCUT2D eigenvalue weighted by Crippen LogP contribution is -2.40. The molecular formula is C7H12N4. The molecule has 0 radical (unpaired) electrons. The first-order valence-corrected chi connectivity index (χ1v) is 3.40. The fraction of sp³-hybridized carbons (Fsp3) is 0.429. The second kappa shape index (κ2) is 2.38. The average molecular weight is 152 g/mol. The first-order valence-electron chi connectivity index (χ1n) is 3.40. The Morgan fingerprint density at radius 3 is 2.64 bits per heavy atom. The Morgan fingerprint density at radius 1 is 1.64 bits per heavy atom. The molecule has 3 N–H and O–H groups in total. The fourth-order valence-electron chi connectivity index (χ4n) is 0.723. The highest BCUT2D eigenvalue weighted by molar-refractivity contribution is 5.84. The van der Waals surface area contributed by atoms with Crippen LogP contribution in [0.25, 0.3) is 0 Å². The number of nitrogens with one attached hydrogen (secondary N) is 1. The molecule has 0 aliphatic rings. The van der Waals surface area contributed by atoms with E-state index in [1.54, 1.807) is 17.1 Å². The van der Waals surface area contributed by atoms with Crippen molar-refractivity contribution in [2.24, 2.45) is 5.73 Å². The summed E-state index contributed by atoms with van der Waals surface area (Å²) in [6, 6.07) is 1.81. The van der Waals surface area contributed by atoms with Gasteiger partial charge in [0.1, 0.15) is 11.4 Å². The summed E-state index contributed by atoms with van der Waals surface area (Å²) in [4.78, 5) is 0. The number of amidine groups is 1. The normalized spacial score (nSPS) is 11.5. The van der Waals surface area contributed by atoms with Gasteiger partial charge in [-0.2, -0.15) is 5.10 Å². The summed E-state index contributed by atoms with van der Waals surface area (Å²) in [5, 5.41) is 11.3. The Morgan fingerprint density at radius 2 is 2.27 bits per heavy atom. The third-order valence-corrected chi connectivity index (χ3v) is 1.74. The van der Waals surface area contributed by atoms with Crippen molar-refractivity contribution in [1.29, 1.82) is 5.41 Å². The summed E-state index contributed by atoms with van der Waals surface area (Å²) in [5.74, 6) is 0.112. The summed E-state index contributed by atoms with van der Waals surface area (Å²) in [5.41, 5.74) is 4.87. The van der Waals surface area contributed by atoms with E-state index in [0.717, 1.165) is 0 Å². The van der Waals surface area contributed by atoms with Crippen LogP contribution in [0.4, 0.5) is 0 Å². The van der Waals surface area contributed by atoms with Crippen LogP contribution in [0.2, 0.25) is 0 Å². The first kappa shape index (κ1) is 7.78. The minimum atomic E-state index is -0.510. The predicted molar refractivity (Wildman–Crippen MR) is 43.5 cm³/mol. The van der Waals surface area contributed by atoms with Crippen LogP contribution in [0.1, 0.15) is 13.8 Å². The minimum Gasteiger partial charge on any atom is -0.386 e. The Hall–Kier alpha value is -1.32. The summed E-state index contributed by atoms with van der Waals surface area (Å²) >= 11 is 0. The first-order chi connectivity index (χ1) is 5.05. The molecule has 0 amide bonds. The van der Waals surface area contributed by atoms with Gasteiger partial charge in [0.25, 0.3) is 0 Å². The standard InChI is InChI=1S/C7H12N4/c1-7(2,6(8)9)11-5-3-4-10-11/h3-5H,1-2H3,(H3,8,9). The van der Waals surface area contributed by atoms with Crippen LogP contribution in [0.5, 0.6) is 0 Å². The molecule has 60 valence electrons. The molecule has 0 aromatic carbocycles. The largest absolute Gasteiger partial charge is 0.386 e. The number of nitrogens with zero attached hydrogens (tertiary/aromatic N) is 2. The van der Waals surface area contributed by atoms with E-state index >= 15 is 0 Å². The van der Waals surface area contributed by atoms with Crippen LogP contribution >= 0.6 is 0 Å². The van der Waals surface area contributed by atoms with Crippen molar-refractivity contribution in [2.45, 2.75) is 19.4 Å². The zero-order valence-corrected chi connectivity index (χ0v) is 6.70. The average Bonchev–Trinajstić information content (AvgIpc) is 2.37. The van der Waals surface area contributed by atoms with E-state index in [0.29, 0.717) is 0 Å². The molecular weight excluding hydrogens is 140 g/mol. The van der Waals surface area contributed by atoms with Gasteiger partial charge in [0, 0.05) is 12.4 Å². The summed E-state index contributed by atoms with van der Waals surface area (Å²) in [6.45, 7) is 3.70. The third kappa shape index (κ3) is 1.24.